The number of benzene rings is 1. The van der Waals surface area contributed by atoms with E-state index >= 15 is 0 Å². The number of hydrogen-bond acceptors (Lipinski definition) is 5. The van der Waals surface area contributed by atoms with Gasteiger partial charge in [0.15, 0.2) is 0 Å². The first-order valence-corrected chi connectivity index (χ1v) is 5.42. The van der Waals surface area contributed by atoms with E-state index in [2.05, 4.69) is 10.1 Å². The Bertz CT molecular complexity index is 522. The first-order valence-electron chi connectivity index (χ1n) is 5.42. The number of carbonyl (C=O) groups excluding carboxylic acids is 1. The highest BCUT2D eigenvalue weighted by atomic mass is 16.5. The highest BCUT2D eigenvalue weighted by Gasteiger charge is 2.14. The van der Waals surface area contributed by atoms with Gasteiger partial charge in [0, 0.05) is 0 Å². The molecule has 0 atom stereocenters. The van der Waals surface area contributed by atoms with Crippen molar-refractivity contribution in [1.82, 2.24) is 0 Å². The Morgan fingerprint density at radius 1 is 1.32 bits per heavy atom. The van der Waals surface area contributed by atoms with Crippen molar-refractivity contribution < 1.29 is 24.2 Å². The number of carbonyl (C=O) groups is 2. The fourth-order valence-electron chi connectivity index (χ4n) is 1.43. The summed E-state index contributed by atoms with van der Waals surface area (Å²) < 4.78 is 9.66. The monoisotopic (exact) mass is 265 g/mol. The van der Waals surface area contributed by atoms with Crippen LogP contribution < -0.4 is 10.1 Å². The van der Waals surface area contributed by atoms with Crippen molar-refractivity contribution in [3.63, 3.8) is 0 Å². The fraction of sp³-hybridized carbons (Fsp3) is 0.231. The average molecular weight is 265 g/mol. The molecule has 0 saturated heterocycles. The SMILES string of the molecule is COC(=O)C(=CC(=O)O)Nc1ccc(C)cc1OC. The molecule has 0 aromatic heterocycles. The van der Waals surface area contributed by atoms with Gasteiger partial charge < -0.3 is 19.9 Å². The second kappa shape index (κ2) is 6.44. The van der Waals surface area contributed by atoms with Crippen LogP contribution in [0.25, 0.3) is 0 Å². The lowest BCUT2D eigenvalue weighted by Crippen LogP contribution is -2.15. The number of methoxy groups -OCH3 is 2. The molecule has 0 spiro atoms. The average Bonchev–Trinajstić information content (AvgIpc) is 2.38. The van der Waals surface area contributed by atoms with Crippen LogP contribution in [0.4, 0.5) is 5.69 Å². The van der Waals surface area contributed by atoms with Crippen molar-refractivity contribution >= 4 is 17.6 Å². The summed E-state index contributed by atoms with van der Waals surface area (Å²) >= 11 is 0. The van der Waals surface area contributed by atoms with Gasteiger partial charge in [-0.3, -0.25) is 0 Å². The van der Waals surface area contributed by atoms with Crippen molar-refractivity contribution in [1.29, 1.82) is 0 Å². The van der Waals surface area contributed by atoms with Crippen LogP contribution in [0.2, 0.25) is 0 Å². The maximum atomic E-state index is 11.5. The number of nitrogens with one attached hydrogen (secondary N) is 1. The number of esters is 1. The molecule has 0 fully saturated rings. The van der Waals surface area contributed by atoms with Gasteiger partial charge in [-0.15, -0.1) is 0 Å². The van der Waals surface area contributed by atoms with Gasteiger partial charge in [-0.05, 0) is 24.6 Å². The van der Waals surface area contributed by atoms with E-state index in [1.54, 1.807) is 18.2 Å². The molecular weight excluding hydrogens is 250 g/mol. The van der Waals surface area contributed by atoms with Crippen LogP contribution in [0.3, 0.4) is 0 Å². The number of ether oxygens (including phenoxy) is 2. The minimum atomic E-state index is -1.25. The van der Waals surface area contributed by atoms with E-state index in [0.29, 0.717) is 11.4 Å². The number of aliphatic carboxylic acids is 1. The Morgan fingerprint density at radius 2 is 2.00 bits per heavy atom. The quantitative estimate of drug-likeness (QED) is 0.620. The predicted molar refractivity (Wildman–Crippen MR) is 69.1 cm³/mol. The van der Waals surface area contributed by atoms with Gasteiger partial charge in [-0.25, -0.2) is 9.59 Å². The number of rotatable bonds is 5. The maximum absolute atomic E-state index is 11.5. The van der Waals surface area contributed by atoms with Crippen molar-refractivity contribution in [3.05, 3.63) is 35.5 Å². The summed E-state index contributed by atoms with van der Waals surface area (Å²) in [5, 5.41) is 11.4. The summed E-state index contributed by atoms with van der Waals surface area (Å²) in [6.07, 6.45) is 0.741. The minimum Gasteiger partial charge on any atom is -0.495 e. The Morgan fingerprint density at radius 3 is 2.53 bits per heavy atom. The third-order valence-electron chi connectivity index (χ3n) is 2.30. The minimum absolute atomic E-state index is 0.183. The zero-order valence-electron chi connectivity index (χ0n) is 10.9. The van der Waals surface area contributed by atoms with Crippen molar-refractivity contribution in [3.8, 4) is 5.75 Å². The Balaban J connectivity index is 3.10. The molecule has 0 amide bonds. The zero-order valence-corrected chi connectivity index (χ0v) is 10.9. The van der Waals surface area contributed by atoms with Crippen molar-refractivity contribution in [2.75, 3.05) is 19.5 Å². The summed E-state index contributed by atoms with van der Waals surface area (Å²) in [5.41, 5.74) is 1.27. The highest BCUT2D eigenvalue weighted by molar-refractivity contribution is 5.98. The number of carboxylic acid groups (broad SMARTS) is 1. The third-order valence-corrected chi connectivity index (χ3v) is 2.30. The fourth-order valence-corrected chi connectivity index (χ4v) is 1.43. The molecular formula is C13H15NO5. The largest absolute Gasteiger partial charge is 0.495 e. The number of carboxylic acids is 1. The lowest BCUT2D eigenvalue weighted by molar-refractivity contribution is -0.137. The van der Waals surface area contributed by atoms with E-state index in [-0.39, 0.29) is 5.70 Å². The lowest BCUT2D eigenvalue weighted by atomic mass is 10.2. The first-order chi connectivity index (χ1) is 8.97. The number of anilines is 1. The van der Waals surface area contributed by atoms with Gasteiger partial charge in [0.2, 0.25) is 0 Å². The van der Waals surface area contributed by atoms with Crippen LogP contribution in [0, 0.1) is 6.92 Å². The maximum Gasteiger partial charge on any atom is 0.354 e. The van der Waals surface area contributed by atoms with E-state index in [0.717, 1.165) is 11.6 Å². The molecule has 0 aliphatic rings. The van der Waals surface area contributed by atoms with Crippen molar-refractivity contribution in [2.24, 2.45) is 0 Å². The molecule has 0 aliphatic heterocycles. The summed E-state index contributed by atoms with van der Waals surface area (Å²) in [4.78, 5) is 22.1. The molecule has 1 aromatic carbocycles. The molecule has 0 saturated carbocycles. The lowest BCUT2D eigenvalue weighted by Gasteiger charge is -2.12. The number of hydrogen-bond donors (Lipinski definition) is 2. The summed E-state index contributed by atoms with van der Waals surface area (Å²) in [6.45, 7) is 1.89. The van der Waals surface area contributed by atoms with E-state index in [4.69, 9.17) is 9.84 Å². The van der Waals surface area contributed by atoms with Gasteiger partial charge in [-0.2, -0.15) is 0 Å². The topological polar surface area (TPSA) is 84.9 Å². The van der Waals surface area contributed by atoms with E-state index in [9.17, 15) is 9.59 Å². The van der Waals surface area contributed by atoms with Crippen LogP contribution in [0.15, 0.2) is 30.0 Å². The Hall–Kier alpha value is -2.50. The second-order valence-electron chi connectivity index (χ2n) is 3.72. The smallest absolute Gasteiger partial charge is 0.354 e. The Labute approximate surface area is 110 Å². The molecule has 0 bridgehead atoms. The normalized spacial score (nSPS) is 10.8. The molecule has 0 radical (unpaired) electrons. The van der Waals surface area contributed by atoms with Crippen LogP contribution in [0.1, 0.15) is 5.56 Å². The molecule has 1 aromatic rings. The van der Waals surface area contributed by atoms with Crippen LogP contribution in [-0.2, 0) is 14.3 Å². The van der Waals surface area contributed by atoms with Gasteiger partial charge in [0.25, 0.3) is 0 Å². The summed E-state index contributed by atoms with van der Waals surface area (Å²) in [5.74, 6) is -1.52. The summed E-state index contributed by atoms with van der Waals surface area (Å²) in [7, 11) is 2.66. The number of aryl methyl sites for hydroxylation is 1. The van der Waals surface area contributed by atoms with E-state index in [1.807, 2.05) is 6.92 Å². The third kappa shape index (κ3) is 4.02. The molecule has 0 unspecified atom stereocenters. The van der Waals surface area contributed by atoms with Gasteiger partial charge >= 0.3 is 11.9 Å². The van der Waals surface area contributed by atoms with E-state index in [1.165, 1.54) is 14.2 Å². The molecule has 19 heavy (non-hydrogen) atoms. The molecule has 6 nitrogen and oxygen atoms in total. The van der Waals surface area contributed by atoms with Gasteiger partial charge in [0.05, 0.1) is 26.0 Å². The standard InChI is InChI=1S/C13H15NO5/c1-8-4-5-9(11(6-8)18-2)14-10(7-12(15)16)13(17)19-3/h4-7,14H,1-3H3,(H,15,16). The van der Waals surface area contributed by atoms with Crippen molar-refractivity contribution in [2.45, 2.75) is 6.92 Å². The zero-order chi connectivity index (χ0) is 14.4. The predicted octanol–water partition coefficient (Wildman–Crippen LogP) is 1.56. The van der Waals surface area contributed by atoms with Crippen LogP contribution in [0.5, 0.6) is 5.75 Å². The second-order valence-corrected chi connectivity index (χ2v) is 3.72. The summed E-state index contributed by atoms with van der Waals surface area (Å²) in [6, 6.07) is 5.26. The first kappa shape index (κ1) is 14.6. The Kier molecular flexibility index (Phi) is 4.93. The molecule has 0 heterocycles. The molecule has 102 valence electrons. The van der Waals surface area contributed by atoms with E-state index < -0.39 is 11.9 Å². The van der Waals surface area contributed by atoms with Gasteiger partial charge in [0.1, 0.15) is 11.4 Å². The van der Waals surface area contributed by atoms with Crippen LogP contribution in [-0.4, -0.2) is 31.3 Å². The molecule has 6 heteroatoms. The highest BCUT2D eigenvalue weighted by Crippen LogP contribution is 2.26. The van der Waals surface area contributed by atoms with Crippen LogP contribution >= 0.6 is 0 Å². The molecule has 1 rings (SSSR count). The van der Waals surface area contributed by atoms with Gasteiger partial charge in [-0.1, -0.05) is 6.07 Å². The molecule has 0 aliphatic carbocycles. The molecule has 2 N–H and O–H groups in total.